The maximum Gasteiger partial charge on any atom is 0.275 e. The molecule has 0 aliphatic rings. The van der Waals surface area contributed by atoms with Gasteiger partial charge in [0.05, 0.1) is 0 Å². The second kappa shape index (κ2) is 4.85. The summed E-state index contributed by atoms with van der Waals surface area (Å²) < 4.78 is 0.922. The monoisotopic (exact) mass is 311 g/mol. The molecular formula is C11H10BrN3OS. The maximum absolute atomic E-state index is 11.8. The first-order valence-electron chi connectivity index (χ1n) is 4.84. The van der Waals surface area contributed by atoms with Gasteiger partial charge in [-0.05, 0) is 30.7 Å². The molecule has 0 radical (unpaired) electrons. The molecule has 4 nitrogen and oxygen atoms in total. The number of anilines is 2. The number of halogens is 1. The van der Waals surface area contributed by atoms with Crippen LogP contribution in [0.4, 0.5) is 10.8 Å². The van der Waals surface area contributed by atoms with Crippen LogP contribution in [0.2, 0.25) is 0 Å². The standard InChI is InChI=1S/C11H10BrN3OS/c1-6-2-7(12)4-8(3-6)14-10(16)9-5-17-11(13)15-9/h2-5H,1H3,(H2,13,15)(H,14,16). The molecule has 2 rings (SSSR count). The number of benzene rings is 1. The van der Waals surface area contributed by atoms with E-state index in [1.165, 1.54) is 11.3 Å². The lowest BCUT2D eigenvalue weighted by molar-refractivity contribution is 0.102. The maximum atomic E-state index is 11.8. The molecule has 2 aromatic rings. The number of carbonyl (C=O) groups excluding carboxylic acids is 1. The molecule has 0 unspecified atom stereocenters. The summed E-state index contributed by atoms with van der Waals surface area (Å²) in [6.07, 6.45) is 0. The molecule has 0 saturated carbocycles. The van der Waals surface area contributed by atoms with Crippen LogP contribution >= 0.6 is 27.3 Å². The van der Waals surface area contributed by atoms with Crippen molar-refractivity contribution >= 4 is 44.0 Å². The van der Waals surface area contributed by atoms with E-state index in [1.807, 2.05) is 25.1 Å². The van der Waals surface area contributed by atoms with Crippen LogP contribution in [0.25, 0.3) is 0 Å². The van der Waals surface area contributed by atoms with E-state index in [-0.39, 0.29) is 5.91 Å². The van der Waals surface area contributed by atoms with E-state index in [0.29, 0.717) is 10.8 Å². The molecule has 0 aliphatic heterocycles. The summed E-state index contributed by atoms with van der Waals surface area (Å²) in [5.74, 6) is -0.254. The van der Waals surface area contributed by atoms with Crippen molar-refractivity contribution in [2.75, 3.05) is 11.1 Å². The number of nitrogens with zero attached hydrogens (tertiary/aromatic N) is 1. The highest BCUT2D eigenvalue weighted by Crippen LogP contribution is 2.20. The van der Waals surface area contributed by atoms with Gasteiger partial charge in [0.2, 0.25) is 0 Å². The second-order valence-corrected chi connectivity index (χ2v) is 5.35. The Hall–Kier alpha value is -1.40. The van der Waals surface area contributed by atoms with E-state index >= 15 is 0 Å². The van der Waals surface area contributed by atoms with Crippen LogP contribution in [0.15, 0.2) is 28.1 Å². The number of rotatable bonds is 2. The molecule has 0 aliphatic carbocycles. The van der Waals surface area contributed by atoms with E-state index in [9.17, 15) is 4.79 Å². The Bertz CT molecular complexity index is 547. The predicted molar refractivity (Wildman–Crippen MR) is 73.4 cm³/mol. The van der Waals surface area contributed by atoms with E-state index < -0.39 is 0 Å². The fourth-order valence-corrected chi connectivity index (χ4v) is 2.55. The van der Waals surface area contributed by atoms with Crippen molar-refractivity contribution in [3.8, 4) is 0 Å². The average molecular weight is 312 g/mol. The van der Waals surface area contributed by atoms with Gasteiger partial charge < -0.3 is 11.1 Å². The zero-order valence-electron chi connectivity index (χ0n) is 9.03. The molecule has 0 atom stereocenters. The Morgan fingerprint density at radius 2 is 2.24 bits per heavy atom. The first-order valence-corrected chi connectivity index (χ1v) is 6.51. The smallest absolute Gasteiger partial charge is 0.275 e. The zero-order chi connectivity index (χ0) is 12.4. The van der Waals surface area contributed by atoms with Gasteiger partial charge in [0.25, 0.3) is 5.91 Å². The van der Waals surface area contributed by atoms with Gasteiger partial charge >= 0.3 is 0 Å². The minimum atomic E-state index is -0.254. The lowest BCUT2D eigenvalue weighted by atomic mass is 10.2. The van der Waals surface area contributed by atoms with Crippen molar-refractivity contribution in [2.45, 2.75) is 6.92 Å². The topological polar surface area (TPSA) is 68.0 Å². The third-order valence-corrected chi connectivity index (χ3v) is 3.19. The lowest BCUT2D eigenvalue weighted by Gasteiger charge is -2.05. The number of hydrogen-bond donors (Lipinski definition) is 2. The molecule has 0 fully saturated rings. The van der Waals surface area contributed by atoms with Crippen LogP contribution in [0.5, 0.6) is 0 Å². The van der Waals surface area contributed by atoms with Crippen LogP contribution in [0.1, 0.15) is 16.1 Å². The summed E-state index contributed by atoms with van der Waals surface area (Å²) in [4.78, 5) is 15.7. The highest BCUT2D eigenvalue weighted by atomic mass is 79.9. The first kappa shape index (κ1) is 12.1. The second-order valence-electron chi connectivity index (χ2n) is 3.54. The summed E-state index contributed by atoms with van der Waals surface area (Å²) in [5.41, 5.74) is 7.61. The molecule has 88 valence electrons. The number of nitrogens with two attached hydrogens (primary N) is 1. The number of amides is 1. The van der Waals surface area contributed by atoms with E-state index in [0.717, 1.165) is 15.7 Å². The normalized spacial score (nSPS) is 10.2. The fraction of sp³-hybridized carbons (Fsp3) is 0.0909. The number of aryl methyl sites for hydroxylation is 1. The van der Waals surface area contributed by atoms with Gasteiger partial charge in [0.1, 0.15) is 5.69 Å². The number of carbonyl (C=O) groups is 1. The summed E-state index contributed by atoms with van der Waals surface area (Å²) >= 11 is 4.62. The summed E-state index contributed by atoms with van der Waals surface area (Å²) in [5, 5.41) is 4.80. The number of nitrogens with one attached hydrogen (secondary N) is 1. The molecule has 17 heavy (non-hydrogen) atoms. The minimum Gasteiger partial charge on any atom is -0.375 e. The molecule has 3 N–H and O–H groups in total. The fourth-order valence-electron chi connectivity index (χ4n) is 1.40. The van der Waals surface area contributed by atoms with Gasteiger partial charge in [0.15, 0.2) is 5.13 Å². The highest BCUT2D eigenvalue weighted by Gasteiger charge is 2.10. The number of aromatic nitrogens is 1. The Balaban J connectivity index is 2.18. The molecule has 0 bridgehead atoms. The van der Waals surface area contributed by atoms with Crippen molar-refractivity contribution < 1.29 is 4.79 Å². The third-order valence-electron chi connectivity index (χ3n) is 2.05. The van der Waals surface area contributed by atoms with Gasteiger partial charge in [-0.25, -0.2) is 4.98 Å². The molecular weight excluding hydrogens is 302 g/mol. The Labute approximate surface area is 111 Å². The minimum absolute atomic E-state index is 0.254. The van der Waals surface area contributed by atoms with Crippen LogP contribution < -0.4 is 11.1 Å². The van der Waals surface area contributed by atoms with E-state index in [4.69, 9.17) is 5.73 Å². The van der Waals surface area contributed by atoms with Crippen molar-refractivity contribution in [3.05, 3.63) is 39.3 Å². The third kappa shape index (κ3) is 3.04. The molecule has 0 saturated heterocycles. The molecule has 1 heterocycles. The van der Waals surface area contributed by atoms with Gasteiger partial charge in [-0.2, -0.15) is 0 Å². The van der Waals surface area contributed by atoms with Crippen LogP contribution in [-0.4, -0.2) is 10.9 Å². The summed E-state index contributed by atoms with van der Waals surface area (Å²) in [6, 6.07) is 5.69. The Morgan fingerprint density at radius 3 is 2.82 bits per heavy atom. The van der Waals surface area contributed by atoms with Crippen molar-refractivity contribution in [1.82, 2.24) is 4.98 Å². The van der Waals surface area contributed by atoms with Gasteiger partial charge in [-0.3, -0.25) is 4.79 Å². The molecule has 6 heteroatoms. The van der Waals surface area contributed by atoms with Crippen molar-refractivity contribution in [2.24, 2.45) is 0 Å². The predicted octanol–water partition coefficient (Wildman–Crippen LogP) is 3.05. The first-order chi connectivity index (χ1) is 8.04. The molecule has 0 spiro atoms. The van der Waals surface area contributed by atoms with Crippen molar-refractivity contribution in [1.29, 1.82) is 0 Å². The summed E-state index contributed by atoms with van der Waals surface area (Å²) in [6.45, 7) is 1.96. The summed E-state index contributed by atoms with van der Waals surface area (Å²) in [7, 11) is 0. The van der Waals surface area contributed by atoms with Gasteiger partial charge in [-0.1, -0.05) is 15.9 Å². The number of hydrogen-bond acceptors (Lipinski definition) is 4. The van der Waals surface area contributed by atoms with Crippen LogP contribution in [-0.2, 0) is 0 Å². The molecule has 1 aromatic heterocycles. The van der Waals surface area contributed by atoms with E-state index in [2.05, 4.69) is 26.2 Å². The quantitative estimate of drug-likeness (QED) is 0.895. The largest absolute Gasteiger partial charge is 0.375 e. The van der Waals surface area contributed by atoms with E-state index in [1.54, 1.807) is 5.38 Å². The Kier molecular flexibility index (Phi) is 3.44. The zero-order valence-corrected chi connectivity index (χ0v) is 11.4. The van der Waals surface area contributed by atoms with Gasteiger partial charge in [-0.15, -0.1) is 11.3 Å². The Morgan fingerprint density at radius 1 is 1.47 bits per heavy atom. The molecule has 1 amide bonds. The number of thiazole rings is 1. The SMILES string of the molecule is Cc1cc(Br)cc(NC(=O)c2csc(N)n2)c1. The van der Waals surface area contributed by atoms with Crippen molar-refractivity contribution in [3.63, 3.8) is 0 Å². The van der Waals surface area contributed by atoms with Gasteiger partial charge in [0, 0.05) is 15.5 Å². The van der Waals surface area contributed by atoms with Crippen LogP contribution in [0.3, 0.4) is 0 Å². The molecule has 1 aromatic carbocycles. The highest BCUT2D eigenvalue weighted by molar-refractivity contribution is 9.10. The lowest BCUT2D eigenvalue weighted by Crippen LogP contribution is -2.12. The van der Waals surface area contributed by atoms with Crippen LogP contribution in [0, 0.1) is 6.92 Å². The number of nitrogen functional groups attached to an aromatic ring is 1. The average Bonchev–Trinajstić information content (AvgIpc) is 2.63.